The van der Waals surface area contributed by atoms with Gasteiger partial charge in [0.05, 0.1) is 0 Å². The molecule has 0 atom stereocenters. The van der Waals surface area contributed by atoms with Crippen LogP contribution in [0.4, 0.5) is 23.0 Å². The summed E-state index contributed by atoms with van der Waals surface area (Å²) in [5, 5.41) is 7.09. The molecule has 0 aliphatic heterocycles. The van der Waals surface area contributed by atoms with Crippen LogP contribution < -0.4 is 16.4 Å². The van der Waals surface area contributed by atoms with E-state index in [1.165, 1.54) is 6.33 Å². The maximum atomic E-state index is 6.08. The third-order valence-corrected chi connectivity index (χ3v) is 2.99. The topological polar surface area (TPSA) is 75.9 Å². The molecule has 2 rings (SSSR count). The van der Waals surface area contributed by atoms with Crippen molar-refractivity contribution in [2.24, 2.45) is 0 Å². The van der Waals surface area contributed by atoms with Gasteiger partial charge < -0.3 is 16.4 Å². The van der Waals surface area contributed by atoms with Gasteiger partial charge in [-0.3, -0.25) is 0 Å². The van der Waals surface area contributed by atoms with Gasteiger partial charge in [0, 0.05) is 16.8 Å². The smallest absolute Gasteiger partial charge is 0.159 e. The Labute approximate surface area is 123 Å². The molecule has 106 valence electrons. The molecule has 0 aliphatic rings. The quantitative estimate of drug-likeness (QED) is 0.802. The molecule has 20 heavy (non-hydrogen) atoms. The molecular weight excluding hydrogens is 274 g/mol. The molecule has 0 saturated heterocycles. The van der Waals surface area contributed by atoms with Crippen LogP contribution in [0.1, 0.15) is 19.4 Å². The van der Waals surface area contributed by atoms with Crippen LogP contribution in [0.15, 0.2) is 24.5 Å². The van der Waals surface area contributed by atoms with Gasteiger partial charge in [-0.1, -0.05) is 11.6 Å². The summed E-state index contributed by atoms with van der Waals surface area (Å²) in [4.78, 5) is 8.33. The van der Waals surface area contributed by atoms with Gasteiger partial charge in [-0.15, -0.1) is 0 Å². The highest BCUT2D eigenvalue weighted by molar-refractivity contribution is 6.30. The van der Waals surface area contributed by atoms with E-state index in [0.717, 1.165) is 11.3 Å². The monoisotopic (exact) mass is 291 g/mol. The van der Waals surface area contributed by atoms with Crippen LogP contribution in [0.2, 0.25) is 5.02 Å². The van der Waals surface area contributed by atoms with Gasteiger partial charge in [-0.2, -0.15) is 0 Å². The van der Waals surface area contributed by atoms with Crippen molar-refractivity contribution in [3.05, 3.63) is 35.1 Å². The molecular formula is C14H18ClN5. The van der Waals surface area contributed by atoms with E-state index < -0.39 is 0 Å². The summed E-state index contributed by atoms with van der Waals surface area (Å²) in [5.41, 5.74) is 8.51. The maximum absolute atomic E-state index is 6.08. The number of hydrogen-bond acceptors (Lipinski definition) is 5. The summed E-state index contributed by atoms with van der Waals surface area (Å²) >= 11 is 5.95. The first-order valence-corrected chi connectivity index (χ1v) is 6.75. The molecule has 4 N–H and O–H groups in total. The van der Waals surface area contributed by atoms with Gasteiger partial charge in [-0.25, -0.2) is 9.97 Å². The Kier molecular flexibility index (Phi) is 4.29. The predicted molar refractivity (Wildman–Crippen MR) is 84.7 cm³/mol. The second-order valence-corrected chi connectivity index (χ2v) is 5.30. The lowest BCUT2D eigenvalue weighted by atomic mass is 10.2. The van der Waals surface area contributed by atoms with Crippen LogP contribution in [-0.4, -0.2) is 16.0 Å². The zero-order valence-electron chi connectivity index (χ0n) is 11.7. The Morgan fingerprint density at radius 1 is 1.20 bits per heavy atom. The highest BCUT2D eigenvalue weighted by atomic mass is 35.5. The van der Waals surface area contributed by atoms with E-state index in [0.29, 0.717) is 22.3 Å². The fourth-order valence-corrected chi connectivity index (χ4v) is 2.01. The number of nitrogen functional groups attached to an aromatic ring is 1. The lowest BCUT2D eigenvalue weighted by Gasteiger charge is -2.15. The van der Waals surface area contributed by atoms with E-state index in [1.54, 1.807) is 0 Å². The number of hydrogen-bond donors (Lipinski definition) is 3. The number of rotatable bonds is 4. The van der Waals surface area contributed by atoms with Crippen LogP contribution >= 0.6 is 11.6 Å². The minimum atomic E-state index is 0.248. The summed E-state index contributed by atoms with van der Waals surface area (Å²) in [6, 6.07) is 5.85. The first-order valence-electron chi connectivity index (χ1n) is 6.37. The Morgan fingerprint density at radius 3 is 2.55 bits per heavy atom. The summed E-state index contributed by atoms with van der Waals surface area (Å²) in [5.74, 6) is 1.21. The molecule has 0 amide bonds. The van der Waals surface area contributed by atoms with E-state index in [-0.39, 0.29) is 6.04 Å². The molecule has 0 aliphatic carbocycles. The number of aromatic nitrogens is 2. The number of halogens is 1. The lowest BCUT2D eigenvalue weighted by Crippen LogP contribution is -2.14. The Balaban J connectivity index is 2.29. The molecule has 2 aromatic rings. The molecule has 0 bridgehead atoms. The third kappa shape index (κ3) is 3.30. The van der Waals surface area contributed by atoms with Crippen molar-refractivity contribution >= 4 is 34.6 Å². The van der Waals surface area contributed by atoms with Gasteiger partial charge in [0.15, 0.2) is 11.6 Å². The van der Waals surface area contributed by atoms with E-state index in [2.05, 4.69) is 20.6 Å². The van der Waals surface area contributed by atoms with Crippen molar-refractivity contribution in [2.75, 3.05) is 16.4 Å². The molecule has 6 heteroatoms. The van der Waals surface area contributed by atoms with Crippen LogP contribution in [0.3, 0.4) is 0 Å². The van der Waals surface area contributed by atoms with Crippen molar-refractivity contribution in [1.82, 2.24) is 9.97 Å². The summed E-state index contributed by atoms with van der Waals surface area (Å²) in [6.45, 7) is 6.02. The molecule has 0 radical (unpaired) electrons. The van der Waals surface area contributed by atoms with Gasteiger partial charge in [0.2, 0.25) is 0 Å². The van der Waals surface area contributed by atoms with Crippen LogP contribution in [0, 0.1) is 6.92 Å². The van der Waals surface area contributed by atoms with Gasteiger partial charge >= 0.3 is 0 Å². The number of benzene rings is 1. The van der Waals surface area contributed by atoms with Crippen molar-refractivity contribution in [3.8, 4) is 0 Å². The molecule has 0 fully saturated rings. The maximum Gasteiger partial charge on any atom is 0.159 e. The normalized spacial score (nSPS) is 10.7. The summed E-state index contributed by atoms with van der Waals surface area (Å²) < 4.78 is 0. The predicted octanol–water partition coefficient (Wildman–Crippen LogP) is 3.58. The van der Waals surface area contributed by atoms with Gasteiger partial charge in [0.25, 0.3) is 0 Å². The van der Waals surface area contributed by atoms with Crippen LogP contribution in [-0.2, 0) is 0 Å². The molecule has 1 aromatic heterocycles. The molecule has 0 saturated carbocycles. The average Bonchev–Trinajstić information content (AvgIpc) is 2.36. The van der Waals surface area contributed by atoms with Crippen molar-refractivity contribution in [3.63, 3.8) is 0 Å². The number of nitrogens with one attached hydrogen (secondary N) is 2. The Hall–Kier alpha value is -2.01. The zero-order valence-corrected chi connectivity index (χ0v) is 12.5. The molecule has 5 nitrogen and oxygen atoms in total. The van der Waals surface area contributed by atoms with E-state index in [4.69, 9.17) is 17.3 Å². The summed E-state index contributed by atoms with van der Waals surface area (Å²) in [6.07, 6.45) is 1.48. The number of anilines is 4. The number of nitrogens with zero attached hydrogens (tertiary/aromatic N) is 2. The fourth-order valence-electron chi connectivity index (χ4n) is 1.78. The fraction of sp³-hybridized carbons (Fsp3) is 0.286. The number of nitrogens with two attached hydrogens (primary N) is 1. The second kappa shape index (κ2) is 5.96. The lowest BCUT2D eigenvalue weighted by molar-refractivity contribution is 0.887. The van der Waals surface area contributed by atoms with Gasteiger partial charge in [0.1, 0.15) is 12.0 Å². The van der Waals surface area contributed by atoms with Crippen LogP contribution in [0.5, 0.6) is 0 Å². The Bertz CT molecular complexity index is 613. The largest absolute Gasteiger partial charge is 0.393 e. The van der Waals surface area contributed by atoms with E-state index in [1.807, 2.05) is 39.0 Å². The second-order valence-electron chi connectivity index (χ2n) is 4.87. The van der Waals surface area contributed by atoms with Crippen molar-refractivity contribution in [1.29, 1.82) is 0 Å². The molecule has 1 aromatic carbocycles. The van der Waals surface area contributed by atoms with Crippen molar-refractivity contribution < 1.29 is 0 Å². The number of aryl methyl sites for hydroxylation is 1. The van der Waals surface area contributed by atoms with E-state index in [9.17, 15) is 0 Å². The Morgan fingerprint density at radius 2 is 1.90 bits per heavy atom. The summed E-state index contributed by atoms with van der Waals surface area (Å²) in [7, 11) is 0. The van der Waals surface area contributed by atoms with Crippen molar-refractivity contribution in [2.45, 2.75) is 26.8 Å². The highest BCUT2D eigenvalue weighted by Gasteiger charge is 2.10. The highest BCUT2D eigenvalue weighted by Crippen LogP contribution is 2.28. The first-order chi connectivity index (χ1) is 9.47. The molecule has 0 spiro atoms. The molecule has 1 heterocycles. The SMILES string of the molecule is Cc1cc(Cl)ccc1Nc1ncnc(NC(C)C)c1N. The molecule has 0 unspecified atom stereocenters. The minimum Gasteiger partial charge on any atom is -0.393 e. The van der Waals surface area contributed by atoms with Crippen LogP contribution in [0.25, 0.3) is 0 Å². The first kappa shape index (κ1) is 14.4. The van der Waals surface area contributed by atoms with E-state index >= 15 is 0 Å². The zero-order chi connectivity index (χ0) is 14.7. The third-order valence-electron chi connectivity index (χ3n) is 2.75. The standard InChI is InChI=1S/C14H18ClN5/c1-8(2)19-13-12(16)14(18-7-17-13)20-11-5-4-10(15)6-9(11)3/h4-8H,16H2,1-3H3,(H2,17,18,19,20). The minimum absolute atomic E-state index is 0.248. The van der Waals surface area contributed by atoms with Gasteiger partial charge in [-0.05, 0) is 44.5 Å². The average molecular weight is 292 g/mol.